The summed E-state index contributed by atoms with van der Waals surface area (Å²) in [6.45, 7) is 7.85. The van der Waals surface area contributed by atoms with Crippen molar-refractivity contribution in [2.75, 3.05) is 11.5 Å². The third-order valence-electron chi connectivity index (χ3n) is 1.49. The molecule has 0 aliphatic carbocycles. The lowest BCUT2D eigenvalue weighted by molar-refractivity contribution is 1.50. The van der Waals surface area contributed by atoms with E-state index in [9.17, 15) is 0 Å². The Hall–Kier alpha value is -0.890. The van der Waals surface area contributed by atoms with Crippen LogP contribution in [0.3, 0.4) is 0 Å². The van der Waals surface area contributed by atoms with Gasteiger partial charge in [-0.1, -0.05) is 32.6 Å². The normalized spacial score (nSPS) is 8.54. The van der Waals surface area contributed by atoms with Crippen LogP contribution in [0.15, 0.2) is 30.8 Å². The van der Waals surface area contributed by atoms with Crippen LogP contribution in [0.1, 0.15) is 19.4 Å². The second-order valence-electron chi connectivity index (χ2n) is 2.39. The van der Waals surface area contributed by atoms with Gasteiger partial charge in [-0.3, -0.25) is 0 Å². The Morgan fingerprint density at radius 3 is 2.54 bits per heavy atom. The van der Waals surface area contributed by atoms with Crippen molar-refractivity contribution < 1.29 is 0 Å². The first kappa shape index (κ1) is 12.1. The molecule has 2 N–H and O–H groups in total. The molecule has 2 heteroatoms. The first-order valence-electron chi connectivity index (χ1n) is 4.38. The van der Waals surface area contributed by atoms with Crippen LogP contribution in [0.25, 0.3) is 5.57 Å². The summed E-state index contributed by atoms with van der Waals surface area (Å²) >= 11 is 4.12. The summed E-state index contributed by atoms with van der Waals surface area (Å²) < 4.78 is 0. The number of rotatable bonds is 2. The molecular formula is C11H17NS. The monoisotopic (exact) mass is 195 g/mol. The molecule has 1 nitrogen and oxygen atoms in total. The van der Waals surface area contributed by atoms with Crippen molar-refractivity contribution in [3.8, 4) is 0 Å². The lowest BCUT2D eigenvalue weighted by atomic mass is 10.1. The molecular weight excluding hydrogens is 178 g/mol. The van der Waals surface area contributed by atoms with E-state index in [1.807, 2.05) is 38.1 Å². The Balaban J connectivity index is 0.000000671. The first-order chi connectivity index (χ1) is 6.24. The highest BCUT2D eigenvalue weighted by Gasteiger charge is 1.95. The molecule has 1 rings (SSSR count). The molecule has 72 valence electrons. The van der Waals surface area contributed by atoms with Crippen LogP contribution in [0.2, 0.25) is 0 Å². The minimum Gasteiger partial charge on any atom is -0.399 e. The van der Waals surface area contributed by atoms with Crippen molar-refractivity contribution in [2.24, 2.45) is 0 Å². The van der Waals surface area contributed by atoms with E-state index in [4.69, 9.17) is 5.73 Å². The van der Waals surface area contributed by atoms with E-state index in [-0.39, 0.29) is 0 Å². The smallest absolute Gasteiger partial charge is 0.0320 e. The largest absolute Gasteiger partial charge is 0.399 e. The van der Waals surface area contributed by atoms with Gasteiger partial charge in [0.15, 0.2) is 0 Å². The van der Waals surface area contributed by atoms with Gasteiger partial charge in [0.1, 0.15) is 0 Å². The second kappa shape index (κ2) is 6.61. The predicted octanol–water partition coefficient (Wildman–Crippen LogP) is 3.24. The fourth-order valence-electron chi connectivity index (χ4n) is 0.850. The average molecular weight is 195 g/mol. The van der Waals surface area contributed by atoms with E-state index in [0.717, 1.165) is 16.8 Å². The van der Waals surface area contributed by atoms with E-state index in [2.05, 4.69) is 19.2 Å². The molecule has 0 aliphatic rings. The highest BCUT2D eigenvalue weighted by molar-refractivity contribution is 7.80. The minimum absolute atomic E-state index is 0.670. The molecule has 0 heterocycles. The Bertz CT molecular complexity index is 269. The zero-order chi connectivity index (χ0) is 10.3. The van der Waals surface area contributed by atoms with Gasteiger partial charge in [0.2, 0.25) is 0 Å². The number of hydrogen-bond acceptors (Lipinski definition) is 2. The number of nitrogens with two attached hydrogens (primary N) is 1. The third kappa shape index (κ3) is 4.04. The number of benzene rings is 1. The van der Waals surface area contributed by atoms with Gasteiger partial charge >= 0.3 is 0 Å². The lowest BCUT2D eigenvalue weighted by Gasteiger charge is -2.01. The summed E-state index contributed by atoms with van der Waals surface area (Å²) in [7, 11) is 0. The van der Waals surface area contributed by atoms with Gasteiger partial charge in [0.25, 0.3) is 0 Å². The van der Waals surface area contributed by atoms with E-state index < -0.39 is 0 Å². The minimum atomic E-state index is 0.670. The molecule has 0 saturated carbocycles. The average Bonchev–Trinajstić information content (AvgIpc) is 2.20. The molecule has 1 aromatic carbocycles. The molecule has 1 aromatic rings. The van der Waals surface area contributed by atoms with Gasteiger partial charge in [-0.15, -0.1) is 0 Å². The Kier molecular flexibility index (Phi) is 6.15. The second-order valence-corrected chi connectivity index (χ2v) is 2.70. The van der Waals surface area contributed by atoms with E-state index in [1.165, 1.54) is 0 Å². The predicted molar refractivity (Wildman–Crippen MR) is 65.1 cm³/mol. The summed E-state index contributed by atoms with van der Waals surface area (Å²) in [6, 6.07) is 7.65. The van der Waals surface area contributed by atoms with Gasteiger partial charge in [-0.25, -0.2) is 0 Å². The third-order valence-corrected chi connectivity index (χ3v) is 1.87. The zero-order valence-electron chi connectivity index (χ0n) is 8.25. The zero-order valence-corrected chi connectivity index (χ0v) is 9.14. The van der Waals surface area contributed by atoms with Crippen LogP contribution in [-0.2, 0) is 0 Å². The van der Waals surface area contributed by atoms with Crippen molar-refractivity contribution in [2.45, 2.75) is 13.8 Å². The van der Waals surface area contributed by atoms with Crippen LogP contribution in [0.4, 0.5) is 5.69 Å². The van der Waals surface area contributed by atoms with Crippen molar-refractivity contribution in [1.29, 1.82) is 0 Å². The maximum atomic E-state index is 5.59. The number of hydrogen-bond donors (Lipinski definition) is 2. The van der Waals surface area contributed by atoms with Gasteiger partial charge in [-0.2, -0.15) is 12.6 Å². The molecule has 0 saturated heterocycles. The summed E-state index contributed by atoms with van der Waals surface area (Å²) in [4.78, 5) is 0. The number of thiol groups is 1. The fraction of sp³-hybridized carbons (Fsp3) is 0.273. The molecule has 0 aliphatic heterocycles. The Labute approximate surface area is 86.1 Å². The molecule has 0 atom stereocenters. The van der Waals surface area contributed by atoms with Crippen LogP contribution in [0, 0.1) is 0 Å². The molecule has 0 fully saturated rings. The summed E-state index contributed by atoms with van der Waals surface area (Å²) in [5.41, 5.74) is 8.42. The molecule has 0 amide bonds. The summed E-state index contributed by atoms with van der Waals surface area (Å²) in [5.74, 6) is 0.670. The van der Waals surface area contributed by atoms with Crippen LogP contribution >= 0.6 is 12.6 Å². The summed E-state index contributed by atoms with van der Waals surface area (Å²) in [6.07, 6.45) is 0. The molecule has 0 bridgehead atoms. The van der Waals surface area contributed by atoms with Crippen LogP contribution in [-0.4, -0.2) is 5.75 Å². The number of anilines is 1. The lowest BCUT2D eigenvalue weighted by Crippen LogP contribution is -1.88. The quantitative estimate of drug-likeness (QED) is 0.550. The highest BCUT2D eigenvalue weighted by Crippen LogP contribution is 2.15. The topological polar surface area (TPSA) is 26.0 Å². The molecule has 0 aromatic heterocycles. The molecule has 13 heavy (non-hydrogen) atoms. The molecule has 0 spiro atoms. The van der Waals surface area contributed by atoms with Gasteiger partial charge in [-0.05, 0) is 23.3 Å². The van der Waals surface area contributed by atoms with Crippen molar-refractivity contribution in [3.05, 3.63) is 36.4 Å². The summed E-state index contributed by atoms with van der Waals surface area (Å²) in [5, 5.41) is 0. The Morgan fingerprint density at radius 2 is 2.08 bits per heavy atom. The highest BCUT2D eigenvalue weighted by atomic mass is 32.1. The van der Waals surface area contributed by atoms with Gasteiger partial charge in [0, 0.05) is 11.4 Å². The maximum absolute atomic E-state index is 5.59. The van der Waals surface area contributed by atoms with E-state index >= 15 is 0 Å². The van der Waals surface area contributed by atoms with Crippen LogP contribution < -0.4 is 5.73 Å². The van der Waals surface area contributed by atoms with Gasteiger partial charge < -0.3 is 5.73 Å². The van der Waals surface area contributed by atoms with Crippen molar-refractivity contribution in [1.82, 2.24) is 0 Å². The van der Waals surface area contributed by atoms with E-state index in [1.54, 1.807) is 0 Å². The van der Waals surface area contributed by atoms with Gasteiger partial charge in [0.05, 0.1) is 0 Å². The van der Waals surface area contributed by atoms with Crippen molar-refractivity contribution in [3.63, 3.8) is 0 Å². The molecule has 0 radical (unpaired) electrons. The van der Waals surface area contributed by atoms with Crippen molar-refractivity contribution >= 4 is 23.9 Å². The fourth-order valence-corrected chi connectivity index (χ4v) is 1.03. The first-order valence-corrected chi connectivity index (χ1v) is 5.02. The standard InChI is InChI=1S/C9H11NS.C2H6/c1-7(6-11)8-3-2-4-9(10)5-8;1-2/h2-5,11H,1,6,10H2;1-2H3. The maximum Gasteiger partial charge on any atom is 0.0320 e. The SMILES string of the molecule is C=C(CS)c1cccc(N)c1.CC. The van der Waals surface area contributed by atoms with Crippen LogP contribution in [0.5, 0.6) is 0 Å². The number of nitrogen functional groups attached to an aromatic ring is 1. The Morgan fingerprint density at radius 1 is 1.46 bits per heavy atom. The van der Waals surface area contributed by atoms with E-state index in [0.29, 0.717) is 5.75 Å². The molecule has 0 unspecified atom stereocenters.